The van der Waals surface area contributed by atoms with Gasteiger partial charge in [-0.25, -0.2) is 0 Å². The highest BCUT2D eigenvalue weighted by atomic mass is 79.9. The second-order valence-electron chi connectivity index (χ2n) is 4.44. The van der Waals surface area contributed by atoms with Crippen molar-refractivity contribution < 1.29 is 5.11 Å². The van der Waals surface area contributed by atoms with Crippen molar-refractivity contribution >= 4 is 39.1 Å². The fourth-order valence-corrected chi connectivity index (χ4v) is 2.78. The van der Waals surface area contributed by atoms with Gasteiger partial charge in [-0.3, -0.25) is 0 Å². The first kappa shape index (κ1) is 15.6. The Hall–Kier alpha value is -0.740. The topological polar surface area (TPSA) is 32.3 Å². The summed E-state index contributed by atoms with van der Waals surface area (Å²) in [6.07, 6.45) is 0.810. The highest BCUT2D eigenvalue weighted by Gasteiger charge is 2.03. The molecule has 20 heavy (non-hydrogen) atoms. The lowest BCUT2D eigenvalue weighted by Crippen LogP contribution is -2.16. The Labute approximate surface area is 136 Å². The summed E-state index contributed by atoms with van der Waals surface area (Å²) in [5.41, 5.74) is 1.92. The van der Waals surface area contributed by atoms with E-state index in [1.54, 1.807) is 12.1 Å². The summed E-state index contributed by atoms with van der Waals surface area (Å²) in [5, 5.41) is 14.3. The molecule has 0 spiro atoms. The smallest absolute Gasteiger partial charge is 0.120 e. The van der Waals surface area contributed by atoms with Gasteiger partial charge in [-0.2, -0.15) is 0 Å². The van der Waals surface area contributed by atoms with Crippen LogP contribution in [0, 0.1) is 0 Å². The molecule has 0 bridgehead atoms. The molecule has 106 valence electrons. The van der Waals surface area contributed by atoms with Crippen molar-refractivity contribution in [2.45, 2.75) is 13.0 Å². The van der Waals surface area contributed by atoms with Crippen molar-refractivity contribution in [1.82, 2.24) is 5.32 Å². The van der Waals surface area contributed by atoms with E-state index in [-0.39, 0.29) is 0 Å². The molecule has 2 aromatic carbocycles. The van der Waals surface area contributed by atoms with Crippen LogP contribution in [0.1, 0.15) is 11.1 Å². The third-order valence-corrected chi connectivity index (χ3v) is 4.02. The number of halogens is 3. The summed E-state index contributed by atoms with van der Waals surface area (Å²) >= 11 is 15.4. The third kappa shape index (κ3) is 4.38. The second kappa shape index (κ2) is 7.32. The van der Waals surface area contributed by atoms with Gasteiger partial charge in [0.2, 0.25) is 0 Å². The average Bonchev–Trinajstić information content (AvgIpc) is 2.40. The minimum absolute atomic E-state index is 0.297. The molecule has 2 rings (SSSR count). The predicted octanol–water partition coefficient (Wildman–Crippen LogP) is 4.79. The first-order valence-electron chi connectivity index (χ1n) is 6.18. The van der Waals surface area contributed by atoms with Crippen molar-refractivity contribution in [2.24, 2.45) is 0 Å². The van der Waals surface area contributed by atoms with Crippen molar-refractivity contribution in [3.8, 4) is 5.75 Å². The van der Waals surface area contributed by atoms with Gasteiger partial charge in [-0.15, -0.1) is 0 Å². The van der Waals surface area contributed by atoms with Gasteiger partial charge in [-0.05, 0) is 48.9 Å². The second-order valence-corrected chi connectivity index (χ2v) is 6.19. The van der Waals surface area contributed by atoms with E-state index in [2.05, 4.69) is 21.2 Å². The number of hydrogen-bond acceptors (Lipinski definition) is 2. The van der Waals surface area contributed by atoms with E-state index in [4.69, 9.17) is 23.2 Å². The Morgan fingerprint density at radius 1 is 1.05 bits per heavy atom. The monoisotopic (exact) mass is 373 g/mol. The van der Waals surface area contributed by atoms with Gasteiger partial charge in [0.15, 0.2) is 0 Å². The number of hydrogen-bond donors (Lipinski definition) is 2. The summed E-state index contributed by atoms with van der Waals surface area (Å²) in [7, 11) is 0. The van der Waals surface area contributed by atoms with Crippen LogP contribution in [-0.4, -0.2) is 11.7 Å². The van der Waals surface area contributed by atoms with Gasteiger partial charge in [0.1, 0.15) is 5.75 Å². The van der Waals surface area contributed by atoms with Gasteiger partial charge in [0.05, 0.1) is 0 Å². The molecule has 0 aromatic heterocycles. The maximum Gasteiger partial charge on any atom is 0.120 e. The van der Waals surface area contributed by atoms with E-state index in [0.717, 1.165) is 28.6 Å². The van der Waals surface area contributed by atoms with Gasteiger partial charge in [0.25, 0.3) is 0 Å². The minimum Gasteiger partial charge on any atom is -0.508 e. The van der Waals surface area contributed by atoms with E-state index in [9.17, 15) is 5.11 Å². The molecular formula is C15H14BrCl2NO. The SMILES string of the molecule is Oc1ccc(Br)cc1CNCCc1ccc(Cl)cc1Cl. The quantitative estimate of drug-likeness (QED) is 0.737. The van der Waals surface area contributed by atoms with Crippen molar-refractivity contribution in [2.75, 3.05) is 6.54 Å². The highest BCUT2D eigenvalue weighted by Crippen LogP contribution is 2.22. The molecule has 0 heterocycles. The number of aromatic hydroxyl groups is 1. The lowest BCUT2D eigenvalue weighted by molar-refractivity contribution is 0.464. The fraction of sp³-hybridized carbons (Fsp3) is 0.200. The van der Waals surface area contributed by atoms with Crippen molar-refractivity contribution in [3.63, 3.8) is 0 Å². The first-order chi connectivity index (χ1) is 9.56. The van der Waals surface area contributed by atoms with Gasteiger partial charge < -0.3 is 10.4 Å². The van der Waals surface area contributed by atoms with Crippen LogP contribution in [0.25, 0.3) is 0 Å². The minimum atomic E-state index is 0.297. The lowest BCUT2D eigenvalue weighted by Gasteiger charge is -2.08. The van der Waals surface area contributed by atoms with Crippen LogP contribution < -0.4 is 5.32 Å². The molecular weight excluding hydrogens is 361 g/mol. The van der Waals surface area contributed by atoms with Crippen LogP contribution in [-0.2, 0) is 13.0 Å². The number of benzene rings is 2. The molecule has 0 unspecified atom stereocenters. The summed E-state index contributed by atoms with van der Waals surface area (Å²) < 4.78 is 0.952. The van der Waals surface area contributed by atoms with Crippen LogP contribution in [0.5, 0.6) is 5.75 Å². The zero-order valence-corrected chi connectivity index (χ0v) is 13.8. The van der Waals surface area contributed by atoms with E-state index >= 15 is 0 Å². The van der Waals surface area contributed by atoms with E-state index in [0.29, 0.717) is 22.3 Å². The molecule has 2 nitrogen and oxygen atoms in total. The molecule has 2 aromatic rings. The molecule has 0 aliphatic heterocycles. The Kier molecular flexibility index (Phi) is 5.73. The number of phenolic OH excluding ortho intramolecular Hbond substituents is 1. The summed E-state index contributed by atoms with van der Waals surface area (Å²) in [4.78, 5) is 0. The lowest BCUT2D eigenvalue weighted by atomic mass is 10.1. The van der Waals surface area contributed by atoms with Crippen LogP contribution >= 0.6 is 39.1 Å². The van der Waals surface area contributed by atoms with Crippen LogP contribution in [0.15, 0.2) is 40.9 Å². The van der Waals surface area contributed by atoms with E-state index in [1.807, 2.05) is 24.3 Å². The summed E-state index contributed by atoms with van der Waals surface area (Å²) in [6, 6.07) is 10.9. The van der Waals surface area contributed by atoms with Gasteiger partial charge >= 0.3 is 0 Å². The first-order valence-corrected chi connectivity index (χ1v) is 7.73. The van der Waals surface area contributed by atoms with Gasteiger partial charge in [0, 0.05) is 26.6 Å². The molecule has 0 amide bonds. The maximum absolute atomic E-state index is 9.73. The maximum atomic E-state index is 9.73. The van der Waals surface area contributed by atoms with Crippen LogP contribution in [0.2, 0.25) is 10.0 Å². The summed E-state index contributed by atoms with van der Waals surface area (Å²) in [6.45, 7) is 1.38. The molecule has 0 radical (unpaired) electrons. The number of rotatable bonds is 5. The van der Waals surface area contributed by atoms with Crippen molar-refractivity contribution in [3.05, 3.63) is 62.0 Å². The zero-order chi connectivity index (χ0) is 14.5. The van der Waals surface area contributed by atoms with Gasteiger partial charge in [-0.1, -0.05) is 45.2 Å². The molecule has 0 fully saturated rings. The summed E-state index contributed by atoms with van der Waals surface area (Å²) in [5.74, 6) is 0.297. The van der Waals surface area contributed by atoms with E-state index in [1.165, 1.54) is 0 Å². The van der Waals surface area contributed by atoms with Crippen LogP contribution in [0.4, 0.5) is 0 Å². The average molecular weight is 375 g/mol. The molecule has 5 heteroatoms. The Balaban J connectivity index is 1.86. The number of phenols is 1. The van der Waals surface area contributed by atoms with Crippen molar-refractivity contribution in [1.29, 1.82) is 0 Å². The molecule has 0 saturated carbocycles. The Morgan fingerprint density at radius 3 is 2.60 bits per heavy atom. The normalized spacial score (nSPS) is 10.8. The molecule has 0 saturated heterocycles. The largest absolute Gasteiger partial charge is 0.508 e. The Bertz CT molecular complexity index is 604. The molecule has 0 atom stereocenters. The predicted molar refractivity (Wildman–Crippen MR) is 87.7 cm³/mol. The number of nitrogens with one attached hydrogen (secondary N) is 1. The highest BCUT2D eigenvalue weighted by molar-refractivity contribution is 9.10. The molecule has 0 aliphatic carbocycles. The Morgan fingerprint density at radius 2 is 1.85 bits per heavy atom. The molecule has 2 N–H and O–H groups in total. The van der Waals surface area contributed by atoms with Crippen LogP contribution in [0.3, 0.4) is 0 Å². The fourth-order valence-electron chi connectivity index (χ4n) is 1.87. The molecule has 0 aliphatic rings. The zero-order valence-electron chi connectivity index (χ0n) is 10.7. The van der Waals surface area contributed by atoms with E-state index < -0.39 is 0 Å². The third-order valence-electron chi connectivity index (χ3n) is 2.94. The standard InChI is InChI=1S/C15H14BrCl2NO/c16-12-2-4-15(20)11(7-12)9-19-6-5-10-1-3-13(17)8-14(10)18/h1-4,7-8,19-20H,5-6,9H2.